The van der Waals surface area contributed by atoms with E-state index in [0.717, 1.165) is 22.6 Å². The first kappa shape index (κ1) is 15.0. The van der Waals surface area contributed by atoms with Gasteiger partial charge in [0.05, 0.1) is 36.1 Å². The zero-order valence-corrected chi connectivity index (χ0v) is 12.7. The van der Waals surface area contributed by atoms with Crippen LogP contribution in [-0.2, 0) is 11.3 Å². The molecule has 2 N–H and O–H groups in total. The van der Waals surface area contributed by atoms with Crippen LogP contribution in [0, 0.1) is 13.8 Å². The number of hydrogen-bond acceptors (Lipinski definition) is 4. The second-order valence-electron chi connectivity index (χ2n) is 4.75. The molecule has 2 rings (SSSR count). The molecule has 2 heterocycles. The van der Waals surface area contributed by atoms with Crippen LogP contribution in [0.5, 0.6) is 0 Å². The zero-order chi connectivity index (χ0) is 14.7. The van der Waals surface area contributed by atoms with E-state index in [2.05, 4.69) is 10.1 Å². The minimum absolute atomic E-state index is 0.331. The molecule has 0 aromatic carbocycles. The maximum Gasteiger partial charge on any atom is 0.0837 e. The van der Waals surface area contributed by atoms with Crippen LogP contribution in [0.1, 0.15) is 28.7 Å². The molecule has 0 spiro atoms. The number of pyridine rings is 1. The topological polar surface area (TPSA) is 66.0 Å². The first-order valence-corrected chi connectivity index (χ1v) is 6.81. The first-order valence-electron chi connectivity index (χ1n) is 6.44. The minimum atomic E-state index is -0.331. The van der Waals surface area contributed by atoms with Crippen LogP contribution in [-0.4, -0.2) is 28.5 Å². The summed E-state index contributed by atoms with van der Waals surface area (Å²) in [6.45, 7) is 5.08. The molecule has 2 aromatic rings. The highest BCUT2D eigenvalue weighted by Gasteiger charge is 2.19. The molecule has 6 heteroatoms. The number of methoxy groups -OCH3 is 1. The summed E-state index contributed by atoms with van der Waals surface area (Å²) >= 11 is 6.23. The number of ether oxygens (including phenoxy) is 1. The summed E-state index contributed by atoms with van der Waals surface area (Å²) in [7, 11) is 1.65. The molecule has 5 nitrogen and oxygen atoms in total. The minimum Gasteiger partial charge on any atom is -0.383 e. The van der Waals surface area contributed by atoms with Crippen LogP contribution >= 0.6 is 11.6 Å². The molecule has 1 unspecified atom stereocenters. The molecule has 0 saturated heterocycles. The second kappa shape index (κ2) is 6.35. The Morgan fingerprint density at radius 3 is 2.60 bits per heavy atom. The van der Waals surface area contributed by atoms with E-state index in [9.17, 15) is 0 Å². The summed E-state index contributed by atoms with van der Waals surface area (Å²) in [5.74, 6) is 0. The standard InChI is InChI=1S/C14H19ClN4O/c1-9-6-11(7-10(2)18-9)13(16)14-12(15)8-17-19(14)4-5-20-3/h6-8,13H,4-5,16H2,1-3H3. The molecule has 0 saturated carbocycles. The summed E-state index contributed by atoms with van der Waals surface area (Å²) in [5, 5.41) is 4.82. The number of aryl methyl sites for hydroxylation is 2. The highest BCUT2D eigenvalue weighted by Crippen LogP contribution is 2.27. The van der Waals surface area contributed by atoms with Gasteiger partial charge in [-0.05, 0) is 31.5 Å². The van der Waals surface area contributed by atoms with Gasteiger partial charge in [0.1, 0.15) is 0 Å². The predicted molar refractivity (Wildman–Crippen MR) is 78.9 cm³/mol. The molecule has 1 atom stereocenters. The van der Waals surface area contributed by atoms with Crippen molar-refractivity contribution in [2.45, 2.75) is 26.4 Å². The molecule has 108 valence electrons. The van der Waals surface area contributed by atoms with Crippen molar-refractivity contribution in [3.63, 3.8) is 0 Å². The number of rotatable bonds is 5. The molecule has 0 aliphatic heterocycles. The monoisotopic (exact) mass is 294 g/mol. The van der Waals surface area contributed by atoms with E-state index in [1.165, 1.54) is 0 Å². The van der Waals surface area contributed by atoms with E-state index in [4.69, 9.17) is 22.1 Å². The lowest BCUT2D eigenvalue weighted by molar-refractivity contribution is 0.182. The molecule has 0 amide bonds. The van der Waals surface area contributed by atoms with Gasteiger partial charge in [0.2, 0.25) is 0 Å². The van der Waals surface area contributed by atoms with Gasteiger partial charge in [-0.15, -0.1) is 0 Å². The molecule has 0 radical (unpaired) electrons. The van der Waals surface area contributed by atoms with Crippen LogP contribution in [0.15, 0.2) is 18.3 Å². The fourth-order valence-electron chi connectivity index (χ4n) is 2.24. The maximum atomic E-state index is 6.36. The third kappa shape index (κ3) is 3.17. The third-order valence-electron chi connectivity index (χ3n) is 3.10. The lowest BCUT2D eigenvalue weighted by atomic mass is 10.0. The number of nitrogens with zero attached hydrogens (tertiary/aromatic N) is 3. The fourth-order valence-corrected chi connectivity index (χ4v) is 2.50. The fraction of sp³-hybridized carbons (Fsp3) is 0.429. The second-order valence-corrected chi connectivity index (χ2v) is 5.16. The van der Waals surface area contributed by atoms with Gasteiger partial charge >= 0.3 is 0 Å². The van der Waals surface area contributed by atoms with Crippen molar-refractivity contribution in [2.75, 3.05) is 13.7 Å². The van der Waals surface area contributed by atoms with Crippen molar-refractivity contribution in [3.8, 4) is 0 Å². The van der Waals surface area contributed by atoms with Gasteiger partial charge in [0.25, 0.3) is 0 Å². The number of nitrogens with two attached hydrogens (primary N) is 1. The summed E-state index contributed by atoms with van der Waals surface area (Å²) in [4.78, 5) is 4.36. The molecule has 0 bridgehead atoms. The van der Waals surface area contributed by atoms with E-state index < -0.39 is 0 Å². The van der Waals surface area contributed by atoms with Crippen molar-refractivity contribution in [1.29, 1.82) is 0 Å². The van der Waals surface area contributed by atoms with Crippen LogP contribution in [0.2, 0.25) is 5.02 Å². The SMILES string of the molecule is COCCn1ncc(Cl)c1C(N)c1cc(C)nc(C)c1. The van der Waals surface area contributed by atoms with E-state index in [1.807, 2.05) is 26.0 Å². The molecule has 0 aliphatic rings. The lowest BCUT2D eigenvalue weighted by Crippen LogP contribution is -2.20. The van der Waals surface area contributed by atoms with Crippen molar-refractivity contribution >= 4 is 11.6 Å². The maximum absolute atomic E-state index is 6.36. The van der Waals surface area contributed by atoms with E-state index >= 15 is 0 Å². The van der Waals surface area contributed by atoms with Gasteiger partial charge in [0.15, 0.2) is 0 Å². The Hall–Kier alpha value is -1.43. The molecular weight excluding hydrogens is 276 g/mol. The zero-order valence-electron chi connectivity index (χ0n) is 11.9. The van der Waals surface area contributed by atoms with Crippen LogP contribution in [0.3, 0.4) is 0 Å². The third-order valence-corrected chi connectivity index (χ3v) is 3.39. The molecule has 2 aromatic heterocycles. The van der Waals surface area contributed by atoms with E-state index in [-0.39, 0.29) is 6.04 Å². The highest BCUT2D eigenvalue weighted by molar-refractivity contribution is 6.31. The Balaban J connectivity index is 2.36. The summed E-state index contributed by atoms with van der Waals surface area (Å²) in [5.41, 5.74) is 10.0. The van der Waals surface area contributed by atoms with Crippen molar-refractivity contribution in [3.05, 3.63) is 46.0 Å². The lowest BCUT2D eigenvalue weighted by Gasteiger charge is -2.16. The predicted octanol–water partition coefficient (Wildman–Crippen LogP) is 2.24. The Morgan fingerprint density at radius 2 is 2.00 bits per heavy atom. The Kier molecular flexibility index (Phi) is 4.75. The Bertz CT molecular complexity index is 577. The van der Waals surface area contributed by atoms with Gasteiger partial charge < -0.3 is 10.5 Å². The molecule has 0 aliphatic carbocycles. The first-order chi connectivity index (χ1) is 9.52. The molecule has 20 heavy (non-hydrogen) atoms. The smallest absolute Gasteiger partial charge is 0.0837 e. The van der Waals surface area contributed by atoms with Crippen molar-refractivity contribution in [1.82, 2.24) is 14.8 Å². The van der Waals surface area contributed by atoms with Gasteiger partial charge in [0, 0.05) is 18.5 Å². The Morgan fingerprint density at radius 1 is 1.35 bits per heavy atom. The van der Waals surface area contributed by atoms with Gasteiger partial charge in [-0.1, -0.05) is 11.6 Å². The van der Waals surface area contributed by atoms with Gasteiger partial charge in [-0.2, -0.15) is 5.10 Å². The molecular formula is C14H19ClN4O. The van der Waals surface area contributed by atoms with Crippen molar-refractivity contribution in [2.24, 2.45) is 5.73 Å². The van der Waals surface area contributed by atoms with Gasteiger partial charge in [-0.3, -0.25) is 9.67 Å². The van der Waals surface area contributed by atoms with Crippen LogP contribution in [0.4, 0.5) is 0 Å². The van der Waals surface area contributed by atoms with E-state index in [0.29, 0.717) is 18.2 Å². The summed E-state index contributed by atoms with van der Waals surface area (Å²) in [6, 6.07) is 3.62. The van der Waals surface area contributed by atoms with E-state index in [1.54, 1.807) is 18.0 Å². The van der Waals surface area contributed by atoms with Gasteiger partial charge in [-0.25, -0.2) is 0 Å². The molecule has 0 fully saturated rings. The summed E-state index contributed by atoms with van der Waals surface area (Å²) < 4.78 is 6.87. The average Bonchev–Trinajstić information content (AvgIpc) is 2.75. The van der Waals surface area contributed by atoms with Crippen LogP contribution < -0.4 is 5.73 Å². The normalized spacial score (nSPS) is 12.7. The highest BCUT2D eigenvalue weighted by atomic mass is 35.5. The average molecular weight is 295 g/mol. The number of aromatic nitrogens is 3. The quantitative estimate of drug-likeness (QED) is 0.918. The Labute approximate surface area is 123 Å². The number of hydrogen-bond donors (Lipinski definition) is 1. The van der Waals surface area contributed by atoms with Crippen molar-refractivity contribution < 1.29 is 4.74 Å². The summed E-state index contributed by atoms with van der Waals surface area (Å²) in [6.07, 6.45) is 1.62. The van der Waals surface area contributed by atoms with Crippen LogP contribution in [0.25, 0.3) is 0 Å². The number of halogens is 1. The largest absolute Gasteiger partial charge is 0.383 e.